The van der Waals surface area contributed by atoms with Gasteiger partial charge in [0, 0.05) is 30.6 Å². The van der Waals surface area contributed by atoms with Gasteiger partial charge in [-0.25, -0.2) is 4.98 Å². The summed E-state index contributed by atoms with van der Waals surface area (Å²) in [5.41, 5.74) is 3.11. The number of likely N-dealkylation sites (N-methyl/N-ethyl adjacent to an activating group) is 1. The number of aromatic amines is 1. The number of likely N-dealkylation sites (tertiary alicyclic amines) is 2. The van der Waals surface area contributed by atoms with Gasteiger partial charge in [0.15, 0.2) is 0 Å². The summed E-state index contributed by atoms with van der Waals surface area (Å²) in [5.74, 6) is -0.386. The Morgan fingerprint density at radius 2 is 2.03 bits per heavy atom. The van der Waals surface area contributed by atoms with Gasteiger partial charge in [-0.15, -0.1) is 11.3 Å². The summed E-state index contributed by atoms with van der Waals surface area (Å²) in [6.07, 6.45) is 7.77. The molecule has 0 saturated carbocycles. The Labute approximate surface area is 212 Å². The van der Waals surface area contributed by atoms with E-state index in [1.807, 2.05) is 0 Å². The van der Waals surface area contributed by atoms with E-state index in [0.717, 1.165) is 48.8 Å². The Kier molecular flexibility index (Phi) is 5.93. The van der Waals surface area contributed by atoms with Crippen LogP contribution in [0.15, 0.2) is 36.8 Å². The van der Waals surface area contributed by atoms with Crippen molar-refractivity contribution in [1.82, 2.24) is 30.0 Å². The van der Waals surface area contributed by atoms with Gasteiger partial charge in [0.2, 0.25) is 0 Å². The smallest absolute Gasteiger partial charge is 0.314 e. The highest BCUT2D eigenvalue weighted by molar-refractivity contribution is 7.18. The molecule has 2 saturated heterocycles. The molecule has 2 N–H and O–H groups in total. The number of hydrogen-bond donors (Lipinski definition) is 2. The van der Waals surface area contributed by atoms with Crippen molar-refractivity contribution >= 4 is 50.0 Å². The Morgan fingerprint density at radius 1 is 1.14 bits per heavy atom. The maximum atomic E-state index is 13.4. The number of thiazole rings is 1. The number of pyridine rings is 1. The van der Waals surface area contributed by atoms with Crippen molar-refractivity contribution in [3.8, 4) is 0 Å². The molecular formula is C26H29N7O2S. The summed E-state index contributed by atoms with van der Waals surface area (Å²) in [6.45, 7) is 4.82. The molecule has 2 fully saturated rings. The monoisotopic (exact) mass is 503 g/mol. The number of rotatable bonds is 3. The van der Waals surface area contributed by atoms with Crippen LogP contribution in [0.25, 0.3) is 21.1 Å². The first-order valence-electron chi connectivity index (χ1n) is 12.4. The maximum absolute atomic E-state index is 13.4. The van der Waals surface area contributed by atoms with Crippen molar-refractivity contribution < 1.29 is 9.59 Å². The zero-order chi connectivity index (χ0) is 24.8. The van der Waals surface area contributed by atoms with Gasteiger partial charge in [0.05, 0.1) is 44.9 Å². The average molecular weight is 504 g/mol. The summed E-state index contributed by atoms with van der Waals surface area (Å²) in [6, 6.07) is 6.17. The summed E-state index contributed by atoms with van der Waals surface area (Å²) in [7, 11) is 2.16. The molecule has 1 aromatic carbocycles. The van der Waals surface area contributed by atoms with Gasteiger partial charge < -0.3 is 15.1 Å². The molecule has 0 bridgehead atoms. The number of piperidine rings is 1. The Morgan fingerprint density at radius 3 is 2.86 bits per heavy atom. The van der Waals surface area contributed by atoms with E-state index in [2.05, 4.69) is 57.6 Å². The lowest BCUT2D eigenvalue weighted by atomic mass is 9.89. The fourth-order valence-electron chi connectivity index (χ4n) is 5.47. The second kappa shape index (κ2) is 9.25. The second-order valence-electron chi connectivity index (χ2n) is 10.2. The molecule has 2 aliphatic rings. The van der Waals surface area contributed by atoms with Crippen LogP contribution in [0.4, 0.5) is 5.69 Å². The number of fused-ring (bicyclic) bond motifs is 2. The molecule has 0 aliphatic carbocycles. The number of anilines is 1. The predicted octanol–water partition coefficient (Wildman–Crippen LogP) is 3.93. The standard InChI is InChI=1S/C26H29N7O2S/c1-15-3-5-21(16-4-6-22-19(9-16)30-25(36-22)17-7-8-32(2)14-17)33(13-15)26(35)24(34)29-20-12-27-10-18-11-28-31-23(18)20/h4,6,9-12,15,17,21H,3,5,7-8,13-14H2,1-2H3,(H,28,31)(H,29,34)/t15-,17?,21+/m0/s1. The molecule has 4 aromatic rings. The minimum atomic E-state index is -0.666. The largest absolute Gasteiger partial charge is 0.327 e. The van der Waals surface area contributed by atoms with Crippen LogP contribution in [0.1, 0.15) is 48.7 Å². The van der Waals surface area contributed by atoms with Crippen LogP contribution >= 0.6 is 11.3 Å². The van der Waals surface area contributed by atoms with Gasteiger partial charge in [-0.2, -0.15) is 5.10 Å². The van der Waals surface area contributed by atoms with Crippen molar-refractivity contribution in [3.05, 3.63) is 47.4 Å². The Bertz CT molecular complexity index is 1450. The van der Waals surface area contributed by atoms with Crippen LogP contribution in [0.3, 0.4) is 0 Å². The van der Waals surface area contributed by atoms with E-state index in [1.54, 1.807) is 28.6 Å². The molecule has 5 heterocycles. The third kappa shape index (κ3) is 4.24. The van der Waals surface area contributed by atoms with E-state index in [-0.39, 0.29) is 6.04 Å². The lowest BCUT2D eigenvalue weighted by Gasteiger charge is -2.38. The molecule has 9 nitrogen and oxygen atoms in total. The first kappa shape index (κ1) is 23.1. The fraction of sp³-hybridized carbons (Fsp3) is 0.423. The van der Waals surface area contributed by atoms with E-state index in [9.17, 15) is 9.59 Å². The molecule has 0 radical (unpaired) electrons. The third-order valence-corrected chi connectivity index (χ3v) is 8.63. The first-order chi connectivity index (χ1) is 17.5. The summed E-state index contributed by atoms with van der Waals surface area (Å²) in [5, 5.41) is 11.6. The molecule has 10 heteroatoms. The Hall–Kier alpha value is -3.37. The minimum absolute atomic E-state index is 0.160. The molecule has 3 atom stereocenters. The van der Waals surface area contributed by atoms with Crippen molar-refractivity contribution in [3.63, 3.8) is 0 Å². The lowest BCUT2D eigenvalue weighted by Crippen LogP contribution is -2.46. The van der Waals surface area contributed by atoms with E-state index in [4.69, 9.17) is 4.98 Å². The molecule has 2 aliphatic heterocycles. The number of nitrogens with one attached hydrogen (secondary N) is 2. The van der Waals surface area contributed by atoms with Gasteiger partial charge in [-0.3, -0.25) is 19.7 Å². The molecule has 2 amide bonds. The van der Waals surface area contributed by atoms with E-state index >= 15 is 0 Å². The molecular weight excluding hydrogens is 474 g/mol. The number of hydrogen-bond acceptors (Lipinski definition) is 7. The Balaban J connectivity index is 1.25. The van der Waals surface area contributed by atoms with Crippen LogP contribution in [0.5, 0.6) is 0 Å². The summed E-state index contributed by atoms with van der Waals surface area (Å²) >= 11 is 1.77. The molecule has 36 heavy (non-hydrogen) atoms. The third-order valence-electron chi connectivity index (χ3n) is 7.43. The number of benzene rings is 1. The highest BCUT2D eigenvalue weighted by Crippen LogP contribution is 2.37. The number of amides is 2. The highest BCUT2D eigenvalue weighted by Gasteiger charge is 2.35. The van der Waals surface area contributed by atoms with Crippen LogP contribution in [0.2, 0.25) is 0 Å². The first-order valence-corrected chi connectivity index (χ1v) is 13.3. The molecule has 3 aromatic heterocycles. The van der Waals surface area contributed by atoms with Gasteiger partial charge >= 0.3 is 11.8 Å². The van der Waals surface area contributed by atoms with Crippen LogP contribution < -0.4 is 5.32 Å². The van der Waals surface area contributed by atoms with Crippen molar-refractivity contribution in [1.29, 1.82) is 0 Å². The second-order valence-corrected chi connectivity index (χ2v) is 11.2. The number of carbonyl (C=O) groups excluding carboxylic acids is 2. The van der Waals surface area contributed by atoms with Gasteiger partial charge in [-0.05, 0) is 56.5 Å². The van der Waals surface area contributed by atoms with Crippen LogP contribution in [0, 0.1) is 5.92 Å². The van der Waals surface area contributed by atoms with Crippen LogP contribution in [-0.2, 0) is 9.59 Å². The van der Waals surface area contributed by atoms with E-state index in [0.29, 0.717) is 29.6 Å². The average Bonchev–Trinajstić information content (AvgIpc) is 3.62. The van der Waals surface area contributed by atoms with Crippen LogP contribution in [-0.4, -0.2) is 68.5 Å². The van der Waals surface area contributed by atoms with Crippen molar-refractivity contribution in [2.45, 2.75) is 38.1 Å². The topological polar surface area (TPSA) is 107 Å². The summed E-state index contributed by atoms with van der Waals surface area (Å²) < 4.78 is 1.17. The molecule has 0 spiro atoms. The number of carbonyl (C=O) groups is 2. The molecule has 186 valence electrons. The van der Waals surface area contributed by atoms with E-state index < -0.39 is 11.8 Å². The quantitative estimate of drug-likeness (QED) is 0.410. The SMILES string of the molecule is C[C@H]1CC[C@H](c2ccc3sc(C4CCN(C)C4)nc3c2)N(C(=O)C(=O)Nc2cncc3cn[nH]c23)C1. The van der Waals surface area contributed by atoms with Gasteiger partial charge in [0.25, 0.3) is 0 Å². The van der Waals surface area contributed by atoms with Gasteiger partial charge in [0.1, 0.15) is 0 Å². The molecule has 1 unspecified atom stereocenters. The number of nitrogens with zero attached hydrogens (tertiary/aromatic N) is 5. The summed E-state index contributed by atoms with van der Waals surface area (Å²) in [4.78, 5) is 39.7. The van der Waals surface area contributed by atoms with Crippen molar-refractivity contribution in [2.24, 2.45) is 5.92 Å². The maximum Gasteiger partial charge on any atom is 0.314 e. The normalized spacial score (nSPS) is 22.9. The predicted molar refractivity (Wildman–Crippen MR) is 140 cm³/mol. The highest BCUT2D eigenvalue weighted by atomic mass is 32.1. The fourth-order valence-corrected chi connectivity index (χ4v) is 6.54. The number of H-pyrrole nitrogens is 1. The number of aromatic nitrogens is 4. The minimum Gasteiger partial charge on any atom is -0.327 e. The van der Waals surface area contributed by atoms with Crippen molar-refractivity contribution in [2.75, 3.05) is 32.0 Å². The van der Waals surface area contributed by atoms with Gasteiger partial charge in [-0.1, -0.05) is 13.0 Å². The zero-order valence-corrected chi connectivity index (χ0v) is 21.2. The molecule has 6 rings (SSSR count). The zero-order valence-electron chi connectivity index (χ0n) is 20.4. The lowest BCUT2D eigenvalue weighted by molar-refractivity contribution is -0.146. The van der Waals surface area contributed by atoms with E-state index in [1.165, 1.54) is 15.9 Å².